The van der Waals surface area contributed by atoms with E-state index in [1.165, 1.54) is 18.5 Å². The fraction of sp³-hybridized carbons (Fsp3) is 0.103. The largest absolute Gasteiger partial charge is 0.323 e. The van der Waals surface area contributed by atoms with Gasteiger partial charge in [0.1, 0.15) is 23.8 Å². The Morgan fingerprint density at radius 3 is 2.53 bits per heavy atom. The van der Waals surface area contributed by atoms with E-state index in [9.17, 15) is 14.0 Å². The maximum Gasteiger partial charge on any atom is 0.323 e. The summed E-state index contributed by atoms with van der Waals surface area (Å²) in [4.78, 5) is 33.2. The molecule has 38 heavy (non-hydrogen) atoms. The Bertz CT molecular complexity index is 1680. The monoisotopic (exact) mass is 506 g/mol. The molecule has 1 fully saturated rings. The number of carbonyl (C=O) groups is 2. The minimum Gasteiger partial charge on any atom is -0.310 e. The van der Waals surface area contributed by atoms with Gasteiger partial charge in [0.2, 0.25) is 5.91 Å². The van der Waals surface area contributed by atoms with Crippen LogP contribution in [0.1, 0.15) is 12.8 Å². The van der Waals surface area contributed by atoms with E-state index in [-0.39, 0.29) is 17.5 Å². The van der Waals surface area contributed by atoms with E-state index in [2.05, 4.69) is 25.9 Å². The van der Waals surface area contributed by atoms with Crippen molar-refractivity contribution in [2.75, 3.05) is 16.0 Å². The van der Waals surface area contributed by atoms with E-state index in [0.29, 0.717) is 17.3 Å². The van der Waals surface area contributed by atoms with E-state index in [1.54, 1.807) is 24.3 Å². The van der Waals surface area contributed by atoms with Crippen molar-refractivity contribution in [1.82, 2.24) is 14.5 Å². The highest BCUT2D eigenvalue weighted by Gasteiger charge is 2.29. The lowest BCUT2D eigenvalue weighted by atomic mass is 10.0. The molecule has 1 saturated carbocycles. The molecule has 1 aliphatic rings. The van der Waals surface area contributed by atoms with Gasteiger partial charge in [-0.2, -0.15) is 0 Å². The first-order chi connectivity index (χ1) is 18.5. The van der Waals surface area contributed by atoms with Crippen LogP contribution in [0.2, 0.25) is 0 Å². The summed E-state index contributed by atoms with van der Waals surface area (Å²) in [6.45, 7) is 0. The molecule has 8 nitrogen and oxygen atoms in total. The van der Waals surface area contributed by atoms with Crippen LogP contribution in [0.15, 0.2) is 91.4 Å². The quantitative estimate of drug-likeness (QED) is 0.255. The molecule has 0 saturated heterocycles. The van der Waals surface area contributed by atoms with Crippen LogP contribution >= 0.6 is 0 Å². The van der Waals surface area contributed by atoms with Crippen molar-refractivity contribution in [3.63, 3.8) is 0 Å². The number of urea groups is 1. The molecule has 1 aliphatic carbocycles. The summed E-state index contributed by atoms with van der Waals surface area (Å²) in [5.41, 5.74) is 3.43. The summed E-state index contributed by atoms with van der Waals surface area (Å²) < 4.78 is 15.8. The first-order valence-electron chi connectivity index (χ1n) is 12.2. The topological polar surface area (TPSA) is 101 Å². The number of benzene rings is 3. The highest BCUT2D eigenvalue weighted by atomic mass is 19.1. The highest BCUT2D eigenvalue weighted by molar-refractivity contribution is 6.00. The van der Waals surface area contributed by atoms with Crippen molar-refractivity contribution in [3.05, 3.63) is 97.2 Å². The van der Waals surface area contributed by atoms with Crippen molar-refractivity contribution < 1.29 is 14.0 Å². The number of rotatable bonds is 6. The minimum atomic E-state index is -0.537. The molecule has 0 radical (unpaired) electrons. The number of carbonyl (C=O) groups excluding carboxylic acids is 2. The number of nitrogens with zero attached hydrogens (tertiary/aromatic N) is 3. The number of para-hydroxylation sites is 1. The van der Waals surface area contributed by atoms with E-state index < -0.39 is 11.8 Å². The van der Waals surface area contributed by atoms with E-state index in [0.717, 1.165) is 34.9 Å². The Balaban J connectivity index is 1.25. The van der Waals surface area contributed by atoms with Gasteiger partial charge in [-0.15, -0.1) is 0 Å². The second-order valence-corrected chi connectivity index (χ2v) is 9.12. The SMILES string of the molecule is O=C(Nc1cccc(-c2ccc3ccn(-c4cc(NC(=O)C5CC5)ncn4)c3c2)c1)Nc1ccccc1F. The Kier molecular flexibility index (Phi) is 6.01. The smallest absolute Gasteiger partial charge is 0.310 e. The van der Waals surface area contributed by atoms with Gasteiger partial charge < -0.3 is 20.5 Å². The number of halogens is 1. The van der Waals surface area contributed by atoms with Crippen LogP contribution in [0.3, 0.4) is 0 Å². The number of fused-ring (bicyclic) bond motifs is 1. The molecule has 2 aromatic heterocycles. The van der Waals surface area contributed by atoms with E-state index in [4.69, 9.17) is 0 Å². The summed E-state index contributed by atoms with van der Waals surface area (Å²) in [6, 6.07) is 22.7. The molecule has 0 atom stereocenters. The van der Waals surface area contributed by atoms with Crippen LogP contribution in [0.25, 0.3) is 27.8 Å². The first kappa shape index (κ1) is 23.4. The molecular weight excluding hydrogens is 483 g/mol. The number of hydrogen-bond donors (Lipinski definition) is 3. The molecule has 0 aliphatic heterocycles. The van der Waals surface area contributed by atoms with Crippen LogP contribution in [0, 0.1) is 11.7 Å². The number of nitrogens with one attached hydrogen (secondary N) is 3. The number of hydrogen-bond acceptors (Lipinski definition) is 4. The maximum absolute atomic E-state index is 13.9. The summed E-state index contributed by atoms with van der Waals surface area (Å²) in [5.74, 6) is 0.675. The van der Waals surface area contributed by atoms with Gasteiger partial charge >= 0.3 is 6.03 Å². The molecule has 0 spiro atoms. The molecule has 3 aromatic carbocycles. The Hall–Kier alpha value is -5.05. The molecule has 0 unspecified atom stereocenters. The van der Waals surface area contributed by atoms with Gasteiger partial charge in [-0.1, -0.05) is 36.4 Å². The fourth-order valence-electron chi connectivity index (χ4n) is 4.25. The predicted octanol–water partition coefficient (Wildman–Crippen LogP) is 6.22. The van der Waals surface area contributed by atoms with Gasteiger partial charge in [0.25, 0.3) is 0 Å². The zero-order valence-corrected chi connectivity index (χ0v) is 20.2. The standard InChI is InChI=1S/C29H23FN6O2/c30-23-6-1-2-7-24(23)34-29(38)33-22-5-3-4-20(14-22)21-11-8-18-12-13-36(25(18)15-21)27-16-26(31-17-32-27)35-28(37)19-9-10-19/h1-8,11-17,19H,9-10H2,(H2,33,34,38)(H,31,32,35,37). The maximum atomic E-state index is 13.9. The van der Waals surface area contributed by atoms with Crippen LogP contribution in [0.5, 0.6) is 0 Å². The molecular formula is C29H23FN6O2. The third-order valence-corrected chi connectivity index (χ3v) is 6.37. The van der Waals surface area contributed by atoms with Gasteiger partial charge in [-0.3, -0.25) is 4.79 Å². The number of amides is 3. The molecule has 6 rings (SSSR count). The lowest BCUT2D eigenvalue weighted by Crippen LogP contribution is -2.20. The van der Waals surface area contributed by atoms with Gasteiger partial charge in [-0.05, 0) is 60.4 Å². The second kappa shape index (κ2) is 9.78. The van der Waals surface area contributed by atoms with Crippen molar-refractivity contribution in [3.8, 4) is 16.9 Å². The van der Waals surface area contributed by atoms with Crippen molar-refractivity contribution in [1.29, 1.82) is 0 Å². The summed E-state index contributed by atoms with van der Waals surface area (Å²) in [5, 5.41) is 9.17. The van der Waals surface area contributed by atoms with Crippen LogP contribution in [0.4, 0.5) is 26.4 Å². The number of aromatic nitrogens is 3. The van der Waals surface area contributed by atoms with E-state index in [1.807, 2.05) is 53.2 Å². The summed E-state index contributed by atoms with van der Waals surface area (Å²) in [7, 11) is 0. The first-order valence-corrected chi connectivity index (χ1v) is 12.2. The lowest BCUT2D eigenvalue weighted by molar-refractivity contribution is -0.117. The Morgan fingerprint density at radius 1 is 0.842 bits per heavy atom. The summed E-state index contributed by atoms with van der Waals surface area (Å²) in [6.07, 6.45) is 5.20. The third kappa shape index (κ3) is 4.94. The fourth-order valence-corrected chi connectivity index (χ4v) is 4.25. The zero-order chi connectivity index (χ0) is 26.1. The highest BCUT2D eigenvalue weighted by Crippen LogP contribution is 2.31. The second-order valence-electron chi connectivity index (χ2n) is 9.12. The molecule has 5 aromatic rings. The average Bonchev–Trinajstić information content (AvgIpc) is 3.69. The van der Waals surface area contributed by atoms with Crippen molar-refractivity contribution in [2.45, 2.75) is 12.8 Å². The predicted molar refractivity (Wildman–Crippen MR) is 145 cm³/mol. The van der Waals surface area contributed by atoms with Gasteiger partial charge in [-0.25, -0.2) is 19.2 Å². The molecule has 0 bridgehead atoms. The molecule has 3 N–H and O–H groups in total. The average molecular weight is 507 g/mol. The molecule has 188 valence electrons. The van der Waals surface area contributed by atoms with Crippen molar-refractivity contribution >= 4 is 40.0 Å². The van der Waals surface area contributed by atoms with E-state index >= 15 is 0 Å². The van der Waals surface area contributed by atoms with Crippen LogP contribution < -0.4 is 16.0 Å². The Labute approximate surface area is 217 Å². The molecule has 3 amide bonds. The van der Waals surface area contributed by atoms with Crippen molar-refractivity contribution in [2.24, 2.45) is 5.92 Å². The Morgan fingerprint density at radius 2 is 1.68 bits per heavy atom. The zero-order valence-electron chi connectivity index (χ0n) is 20.2. The lowest BCUT2D eigenvalue weighted by Gasteiger charge is -2.11. The normalized spacial score (nSPS) is 12.8. The third-order valence-electron chi connectivity index (χ3n) is 6.37. The molecule has 2 heterocycles. The van der Waals surface area contributed by atoms with Gasteiger partial charge in [0, 0.05) is 29.3 Å². The molecule has 9 heteroatoms. The number of anilines is 3. The minimum absolute atomic E-state index is 0.00891. The summed E-state index contributed by atoms with van der Waals surface area (Å²) >= 11 is 0. The van der Waals surface area contributed by atoms with Gasteiger partial charge in [0.15, 0.2) is 0 Å². The van der Waals surface area contributed by atoms with Crippen LogP contribution in [-0.4, -0.2) is 26.5 Å². The van der Waals surface area contributed by atoms with Crippen LogP contribution in [-0.2, 0) is 4.79 Å². The van der Waals surface area contributed by atoms with Gasteiger partial charge in [0.05, 0.1) is 11.2 Å².